The van der Waals surface area contributed by atoms with Crippen LogP contribution in [0, 0.1) is 0 Å². The van der Waals surface area contributed by atoms with Crippen LogP contribution in [0.4, 0.5) is 4.79 Å². The third kappa shape index (κ3) is 3.00. The number of rotatable bonds is 3. The van der Waals surface area contributed by atoms with Crippen molar-refractivity contribution in [3.05, 3.63) is 46.7 Å². The van der Waals surface area contributed by atoms with Gasteiger partial charge in [0.1, 0.15) is 5.60 Å². The van der Waals surface area contributed by atoms with Gasteiger partial charge in [0, 0.05) is 6.54 Å². The predicted octanol–water partition coefficient (Wildman–Crippen LogP) is 5.07. The summed E-state index contributed by atoms with van der Waals surface area (Å²) in [6.07, 6.45) is 5.52. The Morgan fingerprint density at radius 3 is 2.52 bits per heavy atom. The monoisotopic (exact) mass is 327 g/mol. The first-order chi connectivity index (χ1) is 11.2. The van der Waals surface area contributed by atoms with Crippen LogP contribution in [0.1, 0.15) is 37.7 Å². The highest BCUT2D eigenvalue weighted by atomic mass is 32.1. The number of carbonyl (C=O) groups excluding carboxylic acids is 1. The van der Waals surface area contributed by atoms with E-state index in [0.717, 1.165) is 24.9 Å². The lowest BCUT2D eigenvalue weighted by Gasteiger charge is -2.30. The lowest BCUT2D eigenvalue weighted by atomic mass is 9.85. The second kappa shape index (κ2) is 6.00. The van der Waals surface area contributed by atoms with Gasteiger partial charge in [0.15, 0.2) is 0 Å². The van der Waals surface area contributed by atoms with Crippen molar-refractivity contribution in [2.24, 2.45) is 0 Å². The third-order valence-electron chi connectivity index (χ3n) is 4.99. The molecule has 1 saturated heterocycles. The molecule has 1 saturated carbocycles. The molecule has 23 heavy (non-hydrogen) atoms. The molecule has 3 nitrogen and oxygen atoms in total. The molecule has 0 unspecified atom stereocenters. The van der Waals surface area contributed by atoms with Crippen molar-refractivity contribution in [2.75, 3.05) is 6.54 Å². The van der Waals surface area contributed by atoms with E-state index < -0.39 is 0 Å². The molecule has 0 atom stereocenters. The van der Waals surface area contributed by atoms with Crippen LogP contribution in [0.15, 0.2) is 41.1 Å². The van der Waals surface area contributed by atoms with Gasteiger partial charge in [0.25, 0.3) is 0 Å². The zero-order chi connectivity index (χ0) is 15.7. The first-order valence-electron chi connectivity index (χ1n) is 8.34. The minimum atomic E-state index is -0.202. The molecular weight excluding hydrogens is 306 g/mol. The van der Waals surface area contributed by atoms with Gasteiger partial charge in [-0.1, -0.05) is 30.7 Å². The Labute approximate surface area is 140 Å². The number of ether oxygens (including phenoxy) is 1. The Kier molecular flexibility index (Phi) is 3.85. The fourth-order valence-electron chi connectivity index (χ4n) is 3.72. The summed E-state index contributed by atoms with van der Waals surface area (Å²) in [5.41, 5.74) is 3.44. The molecule has 0 radical (unpaired) electrons. The van der Waals surface area contributed by atoms with E-state index in [-0.39, 0.29) is 11.7 Å². The van der Waals surface area contributed by atoms with E-state index in [0.29, 0.717) is 6.54 Å². The summed E-state index contributed by atoms with van der Waals surface area (Å²) < 4.78 is 5.75. The molecule has 1 aliphatic carbocycles. The van der Waals surface area contributed by atoms with Crippen molar-refractivity contribution in [3.8, 4) is 11.1 Å². The first kappa shape index (κ1) is 14.8. The summed E-state index contributed by atoms with van der Waals surface area (Å²) in [6, 6.07) is 10.6. The minimum absolute atomic E-state index is 0.145. The van der Waals surface area contributed by atoms with Crippen molar-refractivity contribution in [1.82, 2.24) is 4.90 Å². The molecule has 2 aromatic rings. The van der Waals surface area contributed by atoms with Gasteiger partial charge in [-0.2, -0.15) is 11.3 Å². The molecule has 1 spiro atoms. The molecule has 1 aromatic carbocycles. The highest BCUT2D eigenvalue weighted by Gasteiger charge is 2.45. The zero-order valence-electron chi connectivity index (χ0n) is 13.2. The fraction of sp³-hybridized carbons (Fsp3) is 0.421. The van der Waals surface area contributed by atoms with Gasteiger partial charge in [-0.05, 0) is 59.2 Å². The lowest BCUT2D eigenvalue weighted by molar-refractivity contribution is 0.0260. The molecule has 2 fully saturated rings. The van der Waals surface area contributed by atoms with Crippen molar-refractivity contribution in [2.45, 2.75) is 44.2 Å². The largest absolute Gasteiger partial charge is 0.441 e. The lowest BCUT2D eigenvalue weighted by Crippen LogP contribution is -2.36. The molecule has 1 amide bonds. The van der Waals surface area contributed by atoms with Gasteiger partial charge in [0.05, 0.1) is 6.54 Å². The maximum atomic E-state index is 12.2. The Hall–Kier alpha value is -1.81. The van der Waals surface area contributed by atoms with E-state index >= 15 is 0 Å². The second-order valence-electron chi connectivity index (χ2n) is 6.68. The van der Waals surface area contributed by atoms with Crippen molar-refractivity contribution in [3.63, 3.8) is 0 Å². The highest BCUT2D eigenvalue weighted by molar-refractivity contribution is 7.08. The molecule has 1 aliphatic heterocycles. The molecule has 0 N–H and O–H groups in total. The highest BCUT2D eigenvalue weighted by Crippen LogP contribution is 2.37. The van der Waals surface area contributed by atoms with Gasteiger partial charge >= 0.3 is 6.09 Å². The third-order valence-corrected chi connectivity index (χ3v) is 5.67. The molecular formula is C19H21NO2S. The van der Waals surface area contributed by atoms with E-state index in [1.165, 1.54) is 30.4 Å². The summed E-state index contributed by atoms with van der Waals surface area (Å²) in [6.45, 7) is 1.39. The van der Waals surface area contributed by atoms with Crippen LogP contribution in [0.25, 0.3) is 11.1 Å². The van der Waals surface area contributed by atoms with E-state index in [1.807, 2.05) is 4.90 Å². The molecule has 2 heterocycles. The first-order valence-corrected chi connectivity index (χ1v) is 9.28. The van der Waals surface area contributed by atoms with Crippen LogP contribution < -0.4 is 0 Å². The van der Waals surface area contributed by atoms with Gasteiger partial charge in [-0.25, -0.2) is 4.79 Å². The smallest absolute Gasteiger partial charge is 0.410 e. The summed E-state index contributed by atoms with van der Waals surface area (Å²) >= 11 is 1.71. The Balaban J connectivity index is 1.45. The Bertz CT molecular complexity index is 672. The fourth-order valence-corrected chi connectivity index (χ4v) is 4.39. The average Bonchev–Trinajstić information content (AvgIpc) is 3.19. The number of amides is 1. The average molecular weight is 327 g/mol. The number of nitrogens with zero attached hydrogens (tertiary/aromatic N) is 1. The van der Waals surface area contributed by atoms with Gasteiger partial charge < -0.3 is 4.74 Å². The summed E-state index contributed by atoms with van der Waals surface area (Å²) in [5, 5.41) is 4.24. The number of thiophene rings is 1. The molecule has 2 aliphatic rings. The maximum absolute atomic E-state index is 12.2. The summed E-state index contributed by atoms with van der Waals surface area (Å²) in [5.74, 6) is 0. The normalized spacial score (nSPS) is 20.0. The molecule has 4 heteroatoms. The SMILES string of the molecule is O=C1OC2(CCCCC2)CN1Cc1ccc(-c2ccsc2)cc1. The number of benzene rings is 1. The van der Waals surface area contributed by atoms with E-state index in [9.17, 15) is 4.79 Å². The summed E-state index contributed by atoms with van der Waals surface area (Å²) in [4.78, 5) is 14.1. The number of hydrogen-bond donors (Lipinski definition) is 0. The predicted molar refractivity (Wildman–Crippen MR) is 92.5 cm³/mol. The quantitative estimate of drug-likeness (QED) is 0.787. The minimum Gasteiger partial charge on any atom is -0.441 e. The van der Waals surface area contributed by atoms with Crippen LogP contribution in [0.5, 0.6) is 0 Å². The van der Waals surface area contributed by atoms with Crippen LogP contribution in [0.2, 0.25) is 0 Å². The van der Waals surface area contributed by atoms with Crippen LogP contribution in [0.3, 0.4) is 0 Å². The molecule has 0 bridgehead atoms. The van der Waals surface area contributed by atoms with E-state index in [2.05, 4.69) is 41.1 Å². The molecule has 1 aromatic heterocycles. The van der Waals surface area contributed by atoms with Gasteiger partial charge in [0.2, 0.25) is 0 Å². The van der Waals surface area contributed by atoms with E-state index in [4.69, 9.17) is 4.74 Å². The summed E-state index contributed by atoms with van der Waals surface area (Å²) in [7, 11) is 0. The topological polar surface area (TPSA) is 29.5 Å². The van der Waals surface area contributed by atoms with Gasteiger partial charge in [-0.3, -0.25) is 4.90 Å². The van der Waals surface area contributed by atoms with Crippen molar-refractivity contribution in [1.29, 1.82) is 0 Å². The Morgan fingerprint density at radius 1 is 1.04 bits per heavy atom. The van der Waals surface area contributed by atoms with Crippen LogP contribution in [-0.4, -0.2) is 23.1 Å². The zero-order valence-corrected chi connectivity index (χ0v) is 14.0. The molecule has 120 valence electrons. The number of carbonyl (C=O) groups is 1. The van der Waals surface area contributed by atoms with Gasteiger partial charge in [-0.15, -0.1) is 0 Å². The molecule has 4 rings (SSSR count). The number of hydrogen-bond acceptors (Lipinski definition) is 3. The maximum Gasteiger partial charge on any atom is 0.410 e. The Morgan fingerprint density at radius 2 is 1.83 bits per heavy atom. The second-order valence-corrected chi connectivity index (χ2v) is 7.46. The van der Waals surface area contributed by atoms with E-state index in [1.54, 1.807) is 11.3 Å². The standard InChI is InChI=1S/C19H21NO2S/c21-18-20(14-19(22-18)9-2-1-3-10-19)12-15-4-6-16(7-5-15)17-8-11-23-13-17/h4-8,11,13H,1-3,9-10,12,14H2. The van der Waals surface area contributed by atoms with Crippen LogP contribution >= 0.6 is 11.3 Å². The van der Waals surface area contributed by atoms with Crippen molar-refractivity contribution >= 4 is 17.4 Å². The van der Waals surface area contributed by atoms with Crippen molar-refractivity contribution < 1.29 is 9.53 Å². The van der Waals surface area contributed by atoms with Crippen LogP contribution in [-0.2, 0) is 11.3 Å².